The number of aromatic amines is 1. The molecule has 0 bridgehead atoms. The van der Waals surface area contributed by atoms with Crippen LogP contribution in [0.2, 0.25) is 0 Å². The molecule has 0 aliphatic carbocycles. The molecule has 1 aromatic carbocycles. The maximum Gasteiger partial charge on any atom is 0.225 e. The maximum absolute atomic E-state index is 12.2. The van der Waals surface area contributed by atoms with Crippen molar-refractivity contribution in [2.45, 2.75) is 18.5 Å². The van der Waals surface area contributed by atoms with Gasteiger partial charge in [0.05, 0.1) is 12.5 Å². The summed E-state index contributed by atoms with van der Waals surface area (Å²) in [5, 5.41) is 3.63. The number of furan rings is 2. The number of rotatable bonds is 7. The van der Waals surface area contributed by atoms with E-state index >= 15 is 0 Å². The van der Waals surface area contributed by atoms with Crippen molar-refractivity contribution in [2.24, 2.45) is 0 Å². The molecule has 28 heavy (non-hydrogen) atoms. The molecule has 0 unspecified atom stereocenters. The summed E-state index contributed by atoms with van der Waals surface area (Å²) < 4.78 is 11.0. The van der Waals surface area contributed by atoms with Crippen molar-refractivity contribution in [3.8, 4) is 22.9 Å². The largest absolute Gasteiger partial charge is 0.463 e. The molecule has 0 atom stereocenters. The predicted octanol–water partition coefficient (Wildman–Crippen LogP) is 5.36. The van der Waals surface area contributed by atoms with Crippen LogP contribution in [-0.2, 0) is 4.79 Å². The molecule has 7 heteroatoms. The number of anilines is 1. The number of aromatic nitrogens is 2. The van der Waals surface area contributed by atoms with Crippen molar-refractivity contribution in [3.05, 3.63) is 66.6 Å². The lowest BCUT2D eigenvalue weighted by Crippen LogP contribution is -2.12. The van der Waals surface area contributed by atoms with Crippen LogP contribution in [0.5, 0.6) is 0 Å². The molecule has 142 valence electrons. The summed E-state index contributed by atoms with van der Waals surface area (Å²) in [4.78, 5) is 20.1. The summed E-state index contributed by atoms with van der Waals surface area (Å²) >= 11 is 1.48. The first kappa shape index (κ1) is 18.2. The second-order valence-electron chi connectivity index (χ2n) is 6.24. The summed E-state index contributed by atoms with van der Waals surface area (Å²) in [7, 11) is 0. The van der Waals surface area contributed by atoms with Gasteiger partial charge in [0.25, 0.3) is 0 Å². The number of carbonyl (C=O) groups excluding carboxylic acids is 1. The highest BCUT2D eigenvalue weighted by molar-refractivity contribution is 7.99. The van der Waals surface area contributed by atoms with Crippen LogP contribution in [0, 0.1) is 6.92 Å². The first-order valence-corrected chi connectivity index (χ1v) is 9.84. The van der Waals surface area contributed by atoms with Gasteiger partial charge in [-0.05, 0) is 48.9 Å². The summed E-state index contributed by atoms with van der Waals surface area (Å²) in [5.74, 6) is 1.91. The minimum atomic E-state index is -0.0258. The van der Waals surface area contributed by atoms with E-state index in [4.69, 9.17) is 8.83 Å². The summed E-state index contributed by atoms with van der Waals surface area (Å²) in [6, 6.07) is 15.1. The van der Waals surface area contributed by atoms with E-state index in [1.807, 2.05) is 55.5 Å². The molecule has 0 saturated heterocycles. The second kappa shape index (κ2) is 8.22. The molecule has 0 spiro atoms. The topological polar surface area (TPSA) is 84.1 Å². The van der Waals surface area contributed by atoms with Gasteiger partial charge in [-0.25, -0.2) is 4.98 Å². The number of benzene rings is 1. The highest BCUT2D eigenvalue weighted by atomic mass is 32.2. The van der Waals surface area contributed by atoms with Gasteiger partial charge < -0.3 is 19.1 Å². The van der Waals surface area contributed by atoms with Crippen molar-refractivity contribution in [1.29, 1.82) is 0 Å². The van der Waals surface area contributed by atoms with Crippen molar-refractivity contribution in [1.82, 2.24) is 9.97 Å². The molecule has 2 N–H and O–H groups in total. The third-order valence-corrected chi connectivity index (χ3v) is 4.95. The number of hydrogen-bond donors (Lipinski definition) is 2. The van der Waals surface area contributed by atoms with Crippen LogP contribution < -0.4 is 5.32 Å². The molecule has 3 heterocycles. The third-order valence-electron chi connectivity index (χ3n) is 4.07. The highest BCUT2D eigenvalue weighted by Gasteiger charge is 2.18. The first-order valence-electron chi connectivity index (χ1n) is 8.86. The van der Waals surface area contributed by atoms with Gasteiger partial charge in [-0.15, -0.1) is 0 Å². The number of nitrogens with one attached hydrogen (secondary N) is 2. The fourth-order valence-electron chi connectivity index (χ4n) is 2.80. The van der Waals surface area contributed by atoms with Gasteiger partial charge in [0.1, 0.15) is 11.4 Å². The summed E-state index contributed by atoms with van der Waals surface area (Å²) in [6.07, 6.45) is 3.61. The van der Waals surface area contributed by atoms with E-state index in [1.54, 1.807) is 12.5 Å². The normalized spacial score (nSPS) is 10.9. The monoisotopic (exact) mass is 393 g/mol. The number of aryl methyl sites for hydroxylation is 1. The molecule has 0 radical (unpaired) electrons. The van der Waals surface area contributed by atoms with E-state index in [9.17, 15) is 4.79 Å². The van der Waals surface area contributed by atoms with E-state index in [2.05, 4.69) is 15.3 Å². The molecule has 0 aliphatic heterocycles. The van der Waals surface area contributed by atoms with Crippen LogP contribution >= 0.6 is 11.8 Å². The van der Waals surface area contributed by atoms with E-state index in [1.165, 1.54) is 11.8 Å². The van der Waals surface area contributed by atoms with Crippen molar-refractivity contribution < 1.29 is 13.6 Å². The van der Waals surface area contributed by atoms with E-state index in [-0.39, 0.29) is 5.91 Å². The molecule has 0 saturated carbocycles. The Labute approximate surface area is 166 Å². The Kier molecular flexibility index (Phi) is 5.34. The predicted molar refractivity (Wildman–Crippen MR) is 109 cm³/mol. The average molecular weight is 393 g/mol. The van der Waals surface area contributed by atoms with Crippen molar-refractivity contribution in [3.63, 3.8) is 0 Å². The Bertz CT molecular complexity index is 1000. The van der Waals surface area contributed by atoms with E-state index in [0.717, 1.165) is 16.9 Å². The summed E-state index contributed by atoms with van der Waals surface area (Å²) in [5.41, 5.74) is 3.37. The van der Waals surface area contributed by atoms with Gasteiger partial charge in [-0.3, -0.25) is 4.79 Å². The van der Waals surface area contributed by atoms with Gasteiger partial charge >= 0.3 is 0 Å². The molecule has 1 amide bonds. The molecule has 4 aromatic rings. The fourth-order valence-corrected chi connectivity index (χ4v) is 3.61. The lowest BCUT2D eigenvalue weighted by molar-refractivity contribution is -0.115. The standard InChI is InChI=1S/C21H19N3O3S/c1-14-5-2-6-15(13-14)22-18(25)9-12-28-21-23-19(16-7-3-10-26-16)20(24-21)17-8-4-11-27-17/h2-8,10-11,13H,9,12H2,1H3,(H,22,25)(H,23,24). The number of imidazole rings is 1. The lowest BCUT2D eigenvalue weighted by Gasteiger charge is -2.05. The Hall–Kier alpha value is -3.19. The van der Waals surface area contributed by atoms with Crippen LogP contribution in [0.25, 0.3) is 22.9 Å². The molecule has 3 aromatic heterocycles. The molecular formula is C21H19N3O3S. The van der Waals surface area contributed by atoms with E-state index in [0.29, 0.717) is 34.5 Å². The zero-order valence-corrected chi connectivity index (χ0v) is 16.1. The quantitative estimate of drug-likeness (QED) is 0.413. The zero-order chi connectivity index (χ0) is 19.3. The SMILES string of the molecule is Cc1cccc(NC(=O)CCSc2nc(-c3ccco3)c(-c3ccco3)[nH]2)c1. The number of nitrogens with zero attached hydrogens (tertiary/aromatic N) is 1. The lowest BCUT2D eigenvalue weighted by atomic mass is 10.2. The number of thioether (sulfide) groups is 1. The molecule has 4 rings (SSSR count). The Morgan fingerprint density at radius 1 is 1.11 bits per heavy atom. The van der Waals surface area contributed by atoms with Gasteiger partial charge in [0.15, 0.2) is 16.7 Å². The van der Waals surface area contributed by atoms with Gasteiger partial charge in [0, 0.05) is 17.9 Å². The maximum atomic E-state index is 12.2. The van der Waals surface area contributed by atoms with Crippen LogP contribution in [0.1, 0.15) is 12.0 Å². The van der Waals surface area contributed by atoms with Crippen LogP contribution in [0.4, 0.5) is 5.69 Å². The Morgan fingerprint density at radius 2 is 1.89 bits per heavy atom. The van der Waals surface area contributed by atoms with E-state index < -0.39 is 0 Å². The Balaban J connectivity index is 1.41. The van der Waals surface area contributed by atoms with Gasteiger partial charge in [-0.2, -0.15) is 0 Å². The molecular weight excluding hydrogens is 374 g/mol. The molecule has 0 aliphatic rings. The van der Waals surface area contributed by atoms with Crippen LogP contribution in [0.15, 0.2) is 75.0 Å². The average Bonchev–Trinajstić information content (AvgIpc) is 3.42. The zero-order valence-electron chi connectivity index (χ0n) is 15.3. The van der Waals surface area contributed by atoms with Gasteiger partial charge in [-0.1, -0.05) is 23.9 Å². The number of carbonyl (C=O) groups is 1. The fraction of sp³-hybridized carbons (Fsp3) is 0.143. The van der Waals surface area contributed by atoms with Crippen molar-refractivity contribution in [2.75, 3.05) is 11.1 Å². The third kappa shape index (κ3) is 4.20. The van der Waals surface area contributed by atoms with Gasteiger partial charge in [0.2, 0.25) is 5.91 Å². The number of hydrogen-bond acceptors (Lipinski definition) is 5. The van der Waals surface area contributed by atoms with Crippen molar-refractivity contribution >= 4 is 23.4 Å². The summed E-state index contributed by atoms with van der Waals surface area (Å²) in [6.45, 7) is 2.00. The number of amides is 1. The number of H-pyrrole nitrogens is 1. The molecule has 0 fully saturated rings. The van der Waals surface area contributed by atoms with Crippen LogP contribution in [-0.4, -0.2) is 21.6 Å². The van der Waals surface area contributed by atoms with Crippen LogP contribution in [0.3, 0.4) is 0 Å². The second-order valence-corrected chi connectivity index (χ2v) is 7.32. The minimum Gasteiger partial charge on any atom is -0.463 e. The first-order chi connectivity index (χ1) is 13.7. The Morgan fingerprint density at radius 3 is 2.61 bits per heavy atom. The molecule has 6 nitrogen and oxygen atoms in total. The smallest absolute Gasteiger partial charge is 0.225 e. The minimum absolute atomic E-state index is 0.0258. The highest BCUT2D eigenvalue weighted by Crippen LogP contribution is 2.33.